The monoisotopic (exact) mass is 329 g/mol. The van der Waals surface area contributed by atoms with Gasteiger partial charge in [0, 0.05) is 24.5 Å². The summed E-state index contributed by atoms with van der Waals surface area (Å²) in [5, 5.41) is 5.78. The van der Waals surface area contributed by atoms with E-state index in [0.717, 1.165) is 13.0 Å². The molecule has 2 rings (SSSR count). The molecule has 2 heterocycles. The average Bonchev–Trinajstić information content (AvgIpc) is 2.89. The number of hydrogen-bond donors (Lipinski definition) is 1. The van der Waals surface area contributed by atoms with Crippen molar-refractivity contribution < 1.29 is 0 Å². The Kier molecular flexibility index (Phi) is 4.79. The Morgan fingerprint density at radius 3 is 2.71 bits per heavy atom. The first-order chi connectivity index (χ1) is 8.20. The van der Waals surface area contributed by atoms with Gasteiger partial charge in [-0.05, 0) is 54.0 Å². The fraction of sp³-hybridized carbons (Fsp3) is 0.385. The predicted molar refractivity (Wildman–Crippen MR) is 81.2 cm³/mol. The van der Waals surface area contributed by atoms with Crippen LogP contribution in [0.25, 0.3) is 0 Å². The van der Waals surface area contributed by atoms with Gasteiger partial charge < -0.3 is 5.32 Å². The Morgan fingerprint density at radius 2 is 2.18 bits per heavy atom. The number of aryl methyl sites for hydroxylation is 1. The molecule has 0 fully saturated rings. The number of halogens is 1. The highest BCUT2D eigenvalue weighted by molar-refractivity contribution is 9.10. The van der Waals surface area contributed by atoms with E-state index in [9.17, 15) is 0 Å². The largest absolute Gasteiger partial charge is 0.305 e. The van der Waals surface area contributed by atoms with Crippen LogP contribution in [0, 0.1) is 6.92 Å². The molecule has 2 aromatic heterocycles. The van der Waals surface area contributed by atoms with Gasteiger partial charge in [0.25, 0.3) is 0 Å². The second-order valence-corrected chi connectivity index (χ2v) is 7.18. The normalized spacial score (nSPS) is 12.9. The minimum Gasteiger partial charge on any atom is -0.305 e. The Labute approximate surface area is 119 Å². The third kappa shape index (κ3) is 3.41. The van der Waals surface area contributed by atoms with E-state index in [1.54, 1.807) is 0 Å². The molecule has 1 N–H and O–H groups in total. The molecule has 4 heteroatoms. The molecule has 0 radical (unpaired) electrons. The number of rotatable bonds is 5. The van der Waals surface area contributed by atoms with Crippen LogP contribution in [0.5, 0.6) is 0 Å². The van der Waals surface area contributed by atoms with E-state index in [1.807, 2.05) is 22.7 Å². The van der Waals surface area contributed by atoms with Gasteiger partial charge in [-0.2, -0.15) is 0 Å². The molecule has 0 aliphatic heterocycles. The fourth-order valence-electron chi connectivity index (χ4n) is 1.72. The second kappa shape index (κ2) is 6.14. The maximum absolute atomic E-state index is 3.63. The molecule has 0 bridgehead atoms. The van der Waals surface area contributed by atoms with Crippen molar-refractivity contribution in [2.45, 2.75) is 26.3 Å². The molecule has 0 saturated heterocycles. The van der Waals surface area contributed by atoms with Gasteiger partial charge in [0.05, 0.1) is 6.04 Å². The standard InChI is InChI=1S/C13H16BrNS2/c1-3-6-15-13(11-5-4-9(2)17-11)12-7-10(14)8-16-12/h4-5,7-8,13,15H,3,6H2,1-2H3. The lowest BCUT2D eigenvalue weighted by molar-refractivity contribution is 0.613. The van der Waals surface area contributed by atoms with Gasteiger partial charge in [-0.3, -0.25) is 0 Å². The zero-order valence-electron chi connectivity index (χ0n) is 10.00. The van der Waals surface area contributed by atoms with Crippen LogP contribution in [0.4, 0.5) is 0 Å². The molecule has 0 aliphatic rings. The van der Waals surface area contributed by atoms with Crippen LogP contribution in [0.2, 0.25) is 0 Å². The number of nitrogens with one attached hydrogen (secondary N) is 1. The molecular weight excluding hydrogens is 314 g/mol. The Bertz CT molecular complexity index is 435. The SMILES string of the molecule is CCCNC(c1cc(Br)cs1)c1ccc(C)s1. The zero-order valence-corrected chi connectivity index (χ0v) is 13.2. The second-order valence-electron chi connectivity index (χ2n) is 4.00. The van der Waals surface area contributed by atoms with Crippen LogP contribution in [0.15, 0.2) is 28.1 Å². The van der Waals surface area contributed by atoms with Crippen molar-refractivity contribution in [1.82, 2.24) is 5.32 Å². The maximum Gasteiger partial charge on any atom is 0.0765 e. The van der Waals surface area contributed by atoms with Gasteiger partial charge in [-0.1, -0.05) is 6.92 Å². The lowest BCUT2D eigenvalue weighted by Gasteiger charge is -2.15. The van der Waals surface area contributed by atoms with Crippen LogP contribution in [-0.4, -0.2) is 6.54 Å². The van der Waals surface area contributed by atoms with Gasteiger partial charge in [0.2, 0.25) is 0 Å². The molecule has 0 saturated carbocycles. The third-order valence-electron chi connectivity index (χ3n) is 2.52. The summed E-state index contributed by atoms with van der Waals surface area (Å²) >= 11 is 7.22. The van der Waals surface area contributed by atoms with Crippen molar-refractivity contribution >= 4 is 38.6 Å². The van der Waals surface area contributed by atoms with Gasteiger partial charge >= 0.3 is 0 Å². The van der Waals surface area contributed by atoms with Crippen LogP contribution in [-0.2, 0) is 0 Å². The quantitative estimate of drug-likeness (QED) is 0.816. The van der Waals surface area contributed by atoms with Crippen LogP contribution in [0.3, 0.4) is 0 Å². The van der Waals surface area contributed by atoms with E-state index in [-0.39, 0.29) is 0 Å². The maximum atomic E-state index is 3.63. The van der Waals surface area contributed by atoms with E-state index in [1.165, 1.54) is 19.1 Å². The molecule has 1 atom stereocenters. The summed E-state index contributed by atoms with van der Waals surface area (Å²) in [4.78, 5) is 4.16. The van der Waals surface area contributed by atoms with E-state index in [2.05, 4.69) is 58.7 Å². The molecule has 17 heavy (non-hydrogen) atoms. The third-order valence-corrected chi connectivity index (χ3v) is 5.34. The van der Waals surface area contributed by atoms with Gasteiger partial charge in [-0.25, -0.2) is 0 Å². The van der Waals surface area contributed by atoms with E-state index < -0.39 is 0 Å². The highest BCUT2D eigenvalue weighted by atomic mass is 79.9. The first-order valence-electron chi connectivity index (χ1n) is 5.74. The summed E-state index contributed by atoms with van der Waals surface area (Å²) < 4.78 is 1.18. The molecule has 92 valence electrons. The molecule has 0 aliphatic carbocycles. The molecule has 1 unspecified atom stereocenters. The molecule has 0 amide bonds. The summed E-state index contributed by atoms with van der Waals surface area (Å²) in [6.45, 7) is 5.42. The minimum absolute atomic E-state index is 0.352. The molecule has 0 aromatic carbocycles. The van der Waals surface area contributed by atoms with Gasteiger partial charge in [-0.15, -0.1) is 22.7 Å². The first kappa shape index (κ1) is 13.3. The highest BCUT2D eigenvalue weighted by Gasteiger charge is 2.16. The Morgan fingerprint density at radius 1 is 1.35 bits per heavy atom. The van der Waals surface area contributed by atoms with Crippen molar-refractivity contribution in [2.75, 3.05) is 6.54 Å². The van der Waals surface area contributed by atoms with Crippen LogP contribution in [0.1, 0.15) is 34.0 Å². The Hall–Kier alpha value is -0.160. The lowest BCUT2D eigenvalue weighted by Crippen LogP contribution is -2.21. The topological polar surface area (TPSA) is 12.0 Å². The number of hydrogen-bond acceptors (Lipinski definition) is 3. The van der Waals surface area contributed by atoms with E-state index >= 15 is 0 Å². The molecular formula is C13H16BrNS2. The van der Waals surface area contributed by atoms with Crippen LogP contribution < -0.4 is 5.32 Å². The lowest BCUT2D eigenvalue weighted by atomic mass is 10.2. The summed E-state index contributed by atoms with van der Waals surface area (Å²) in [7, 11) is 0. The van der Waals surface area contributed by atoms with Gasteiger partial charge in [0.1, 0.15) is 0 Å². The van der Waals surface area contributed by atoms with E-state index in [4.69, 9.17) is 0 Å². The highest BCUT2D eigenvalue weighted by Crippen LogP contribution is 2.33. The van der Waals surface area contributed by atoms with Crippen molar-refractivity contribution in [3.63, 3.8) is 0 Å². The summed E-state index contributed by atoms with van der Waals surface area (Å²) in [6, 6.07) is 7.00. The van der Waals surface area contributed by atoms with Crippen molar-refractivity contribution in [3.05, 3.63) is 42.7 Å². The summed E-state index contributed by atoms with van der Waals surface area (Å²) in [5.41, 5.74) is 0. The summed E-state index contributed by atoms with van der Waals surface area (Å²) in [6.07, 6.45) is 1.16. The average molecular weight is 330 g/mol. The molecule has 1 nitrogen and oxygen atoms in total. The smallest absolute Gasteiger partial charge is 0.0765 e. The molecule has 2 aromatic rings. The van der Waals surface area contributed by atoms with Crippen molar-refractivity contribution in [3.8, 4) is 0 Å². The first-order valence-corrected chi connectivity index (χ1v) is 8.23. The van der Waals surface area contributed by atoms with Gasteiger partial charge in [0.15, 0.2) is 0 Å². The predicted octanol–water partition coefficient (Wildman–Crippen LogP) is 4.97. The molecule has 0 spiro atoms. The summed E-state index contributed by atoms with van der Waals surface area (Å²) in [5.74, 6) is 0. The van der Waals surface area contributed by atoms with Crippen molar-refractivity contribution in [1.29, 1.82) is 0 Å². The fourth-order valence-corrected chi connectivity index (χ4v) is 4.30. The Balaban J connectivity index is 2.24. The van der Waals surface area contributed by atoms with E-state index in [0.29, 0.717) is 6.04 Å². The zero-order chi connectivity index (χ0) is 12.3. The van der Waals surface area contributed by atoms with Crippen LogP contribution >= 0.6 is 38.6 Å². The minimum atomic E-state index is 0.352. The number of thiophene rings is 2. The van der Waals surface area contributed by atoms with Crippen molar-refractivity contribution in [2.24, 2.45) is 0 Å².